The Hall–Kier alpha value is -2.08. The SMILES string of the molecule is CCNc1cncc(Sc2nc3ccccc3o2)n1. The molecule has 0 spiro atoms. The molecule has 0 amide bonds. The van der Waals surface area contributed by atoms with Gasteiger partial charge in [0.2, 0.25) is 0 Å². The molecule has 6 heteroatoms. The number of aromatic nitrogens is 3. The molecular formula is C13H12N4OS. The van der Waals surface area contributed by atoms with E-state index in [-0.39, 0.29) is 0 Å². The summed E-state index contributed by atoms with van der Waals surface area (Å²) in [6.45, 7) is 2.83. The van der Waals surface area contributed by atoms with Crippen molar-refractivity contribution in [1.29, 1.82) is 0 Å². The molecule has 19 heavy (non-hydrogen) atoms. The van der Waals surface area contributed by atoms with E-state index in [0.29, 0.717) is 5.22 Å². The van der Waals surface area contributed by atoms with Crippen LogP contribution < -0.4 is 5.32 Å². The van der Waals surface area contributed by atoms with Crippen LogP contribution in [0.3, 0.4) is 0 Å². The minimum atomic E-state index is 0.573. The molecule has 0 saturated carbocycles. The van der Waals surface area contributed by atoms with E-state index in [0.717, 1.165) is 28.5 Å². The van der Waals surface area contributed by atoms with E-state index in [9.17, 15) is 0 Å². The van der Waals surface area contributed by atoms with Crippen LogP contribution in [-0.2, 0) is 0 Å². The zero-order valence-corrected chi connectivity index (χ0v) is 11.1. The quantitative estimate of drug-likeness (QED) is 0.787. The number of fused-ring (bicyclic) bond motifs is 1. The maximum Gasteiger partial charge on any atom is 0.263 e. The maximum absolute atomic E-state index is 5.64. The van der Waals surface area contributed by atoms with Crippen LogP contribution in [0.4, 0.5) is 5.82 Å². The zero-order chi connectivity index (χ0) is 13.1. The van der Waals surface area contributed by atoms with Gasteiger partial charge >= 0.3 is 0 Å². The minimum Gasteiger partial charge on any atom is -0.431 e. The molecule has 0 atom stereocenters. The van der Waals surface area contributed by atoms with Gasteiger partial charge in [-0.3, -0.25) is 4.98 Å². The van der Waals surface area contributed by atoms with Crippen molar-refractivity contribution in [1.82, 2.24) is 15.0 Å². The average molecular weight is 272 g/mol. The number of nitrogens with one attached hydrogen (secondary N) is 1. The van der Waals surface area contributed by atoms with Crippen LogP contribution in [0.25, 0.3) is 11.1 Å². The van der Waals surface area contributed by atoms with Crippen molar-refractivity contribution in [3.05, 3.63) is 36.7 Å². The van der Waals surface area contributed by atoms with Gasteiger partial charge in [-0.1, -0.05) is 12.1 Å². The van der Waals surface area contributed by atoms with Gasteiger partial charge < -0.3 is 9.73 Å². The molecule has 0 saturated heterocycles. The molecule has 0 radical (unpaired) electrons. The fourth-order valence-electron chi connectivity index (χ4n) is 1.65. The standard InChI is InChI=1S/C13H12N4OS/c1-2-15-11-7-14-8-12(17-11)19-13-16-9-5-3-4-6-10(9)18-13/h3-8H,2H2,1H3,(H,15,17). The number of anilines is 1. The van der Waals surface area contributed by atoms with Gasteiger partial charge in [0.05, 0.1) is 12.4 Å². The number of hydrogen-bond donors (Lipinski definition) is 1. The van der Waals surface area contributed by atoms with E-state index in [4.69, 9.17) is 4.42 Å². The van der Waals surface area contributed by atoms with Crippen molar-refractivity contribution in [2.24, 2.45) is 0 Å². The van der Waals surface area contributed by atoms with Crippen LogP contribution in [0.2, 0.25) is 0 Å². The highest BCUT2D eigenvalue weighted by Gasteiger charge is 2.08. The van der Waals surface area contributed by atoms with Gasteiger partial charge in [0.25, 0.3) is 5.22 Å². The largest absolute Gasteiger partial charge is 0.431 e. The lowest BCUT2D eigenvalue weighted by molar-refractivity contribution is 0.489. The van der Waals surface area contributed by atoms with Crippen molar-refractivity contribution in [3.63, 3.8) is 0 Å². The van der Waals surface area contributed by atoms with Crippen molar-refractivity contribution in [2.45, 2.75) is 17.2 Å². The average Bonchev–Trinajstić information content (AvgIpc) is 2.81. The summed E-state index contributed by atoms with van der Waals surface area (Å²) in [7, 11) is 0. The summed E-state index contributed by atoms with van der Waals surface area (Å²) in [5, 5.41) is 4.45. The third-order valence-electron chi connectivity index (χ3n) is 2.44. The van der Waals surface area contributed by atoms with Crippen LogP contribution in [0.1, 0.15) is 6.92 Å². The van der Waals surface area contributed by atoms with Crippen LogP contribution in [0.15, 0.2) is 51.3 Å². The van der Waals surface area contributed by atoms with E-state index in [2.05, 4.69) is 20.3 Å². The molecule has 2 aromatic heterocycles. The van der Waals surface area contributed by atoms with Crippen LogP contribution in [0, 0.1) is 0 Å². The second kappa shape index (κ2) is 5.27. The topological polar surface area (TPSA) is 63.8 Å². The summed E-state index contributed by atoms with van der Waals surface area (Å²) in [4.78, 5) is 12.9. The predicted octanol–water partition coefficient (Wildman–Crippen LogP) is 3.20. The maximum atomic E-state index is 5.64. The van der Waals surface area contributed by atoms with Gasteiger partial charge in [0.15, 0.2) is 5.58 Å². The zero-order valence-electron chi connectivity index (χ0n) is 10.3. The monoisotopic (exact) mass is 272 g/mol. The Balaban J connectivity index is 1.85. The predicted molar refractivity (Wildman–Crippen MR) is 74.3 cm³/mol. The van der Waals surface area contributed by atoms with Crippen LogP contribution in [-0.4, -0.2) is 21.5 Å². The second-order valence-electron chi connectivity index (χ2n) is 3.82. The molecule has 0 bridgehead atoms. The molecular weight excluding hydrogens is 260 g/mol. The Morgan fingerprint density at radius 2 is 2.11 bits per heavy atom. The van der Waals surface area contributed by atoms with E-state index in [1.807, 2.05) is 31.2 Å². The highest BCUT2D eigenvalue weighted by atomic mass is 32.2. The first kappa shape index (κ1) is 12.0. The van der Waals surface area contributed by atoms with Gasteiger partial charge in [0.1, 0.15) is 16.4 Å². The Labute approximate surface area is 114 Å². The van der Waals surface area contributed by atoms with Gasteiger partial charge in [-0.15, -0.1) is 0 Å². The van der Waals surface area contributed by atoms with E-state index in [1.165, 1.54) is 11.8 Å². The molecule has 0 aliphatic heterocycles. The molecule has 96 valence electrons. The number of para-hydroxylation sites is 2. The van der Waals surface area contributed by atoms with Gasteiger partial charge in [-0.2, -0.15) is 0 Å². The van der Waals surface area contributed by atoms with Gasteiger partial charge in [-0.25, -0.2) is 9.97 Å². The summed E-state index contributed by atoms with van der Waals surface area (Å²) in [6, 6.07) is 7.68. The van der Waals surface area contributed by atoms with Crippen LogP contribution in [0.5, 0.6) is 0 Å². The number of benzene rings is 1. The molecule has 0 fully saturated rings. The molecule has 5 nitrogen and oxygen atoms in total. The Morgan fingerprint density at radius 3 is 2.95 bits per heavy atom. The lowest BCUT2D eigenvalue weighted by atomic mass is 10.3. The van der Waals surface area contributed by atoms with Gasteiger partial charge in [0, 0.05) is 6.54 Å². The Morgan fingerprint density at radius 1 is 1.21 bits per heavy atom. The Bertz CT molecular complexity index is 665. The van der Waals surface area contributed by atoms with Crippen molar-refractivity contribution in [3.8, 4) is 0 Å². The molecule has 2 heterocycles. The van der Waals surface area contributed by atoms with Crippen molar-refractivity contribution >= 4 is 28.7 Å². The molecule has 1 aromatic carbocycles. The van der Waals surface area contributed by atoms with E-state index in [1.54, 1.807) is 12.4 Å². The van der Waals surface area contributed by atoms with Crippen LogP contribution >= 0.6 is 11.8 Å². The molecule has 0 unspecified atom stereocenters. The van der Waals surface area contributed by atoms with E-state index < -0.39 is 0 Å². The lowest BCUT2D eigenvalue weighted by Crippen LogP contribution is -2.00. The third kappa shape index (κ3) is 2.68. The Kier molecular flexibility index (Phi) is 3.33. The smallest absolute Gasteiger partial charge is 0.263 e. The molecule has 0 aliphatic carbocycles. The normalized spacial score (nSPS) is 10.8. The lowest BCUT2D eigenvalue weighted by Gasteiger charge is -2.02. The first-order valence-corrected chi connectivity index (χ1v) is 6.76. The van der Waals surface area contributed by atoms with Crippen molar-refractivity contribution < 1.29 is 4.42 Å². The first-order chi connectivity index (χ1) is 9.35. The molecule has 3 rings (SSSR count). The summed E-state index contributed by atoms with van der Waals surface area (Å²) in [5.41, 5.74) is 1.63. The minimum absolute atomic E-state index is 0.573. The van der Waals surface area contributed by atoms with Gasteiger partial charge in [-0.05, 0) is 30.8 Å². The highest BCUT2D eigenvalue weighted by Crippen LogP contribution is 2.28. The summed E-state index contributed by atoms with van der Waals surface area (Å²) in [5.74, 6) is 0.753. The third-order valence-corrected chi connectivity index (χ3v) is 3.19. The number of rotatable bonds is 4. The number of oxazole rings is 1. The summed E-state index contributed by atoms with van der Waals surface area (Å²) >= 11 is 1.36. The first-order valence-electron chi connectivity index (χ1n) is 5.94. The fourth-order valence-corrected chi connectivity index (χ4v) is 2.36. The summed E-state index contributed by atoms with van der Waals surface area (Å²) in [6.07, 6.45) is 3.39. The van der Waals surface area contributed by atoms with E-state index >= 15 is 0 Å². The van der Waals surface area contributed by atoms with Crippen molar-refractivity contribution in [2.75, 3.05) is 11.9 Å². The fraction of sp³-hybridized carbons (Fsp3) is 0.154. The number of hydrogen-bond acceptors (Lipinski definition) is 6. The molecule has 0 aliphatic rings. The molecule has 1 N–H and O–H groups in total. The highest BCUT2D eigenvalue weighted by molar-refractivity contribution is 7.99. The number of nitrogens with zero attached hydrogens (tertiary/aromatic N) is 3. The summed E-state index contributed by atoms with van der Waals surface area (Å²) < 4.78 is 5.64. The second-order valence-corrected chi connectivity index (χ2v) is 4.79. The molecule has 3 aromatic rings.